The number of anilines is 1. The molecule has 1 aromatic heterocycles. The van der Waals surface area contributed by atoms with Gasteiger partial charge in [-0.1, -0.05) is 0 Å². The van der Waals surface area contributed by atoms with Crippen molar-refractivity contribution >= 4 is 17.5 Å². The molecule has 3 heterocycles. The average molecular weight is 259 g/mol. The lowest BCUT2D eigenvalue weighted by Gasteiger charge is -2.20. The quantitative estimate of drug-likeness (QED) is 0.798. The Morgan fingerprint density at radius 3 is 2.79 bits per heavy atom. The van der Waals surface area contributed by atoms with Crippen LogP contribution in [0.1, 0.15) is 19.3 Å². The van der Waals surface area contributed by atoms with Crippen LogP contribution in [0, 0.1) is 5.92 Å². The van der Waals surface area contributed by atoms with Crippen molar-refractivity contribution in [3.63, 3.8) is 0 Å². The first-order chi connectivity index (χ1) is 9.25. The second-order valence-electron chi connectivity index (χ2n) is 5.15. The fourth-order valence-corrected chi connectivity index (χ4v) is 2.83. The molecule has 2 saturated heterocycles. The number of aromatic nitrogens is 1. The molecule has 0 aromatic carbocycles. The van der Waals surface area contributed by atoms with Gasteiger partial charge >= 0.3 is 0 Å². The molecule has 2 aliphatic rings. The molecule has 0 bridgehead atoms. The van der Waals surface area contributed by atoms with Crippen LogP contribution >= 0.6 is 0 Å². The summed E-state index contributed by atoms with van der Waals surface area (Å²) in [5.74, 6) is -0.0337. The van der Waals surface area contributed by atoms with E-state index in [0.717, 1.165) is 31.6 Å². The van der Waals surface area contributed by atoms with Gasteiger partial charge in [-0.25, -0.2) is 0 Å². The SMILES string of the molecule is O=C(C1CC(=O)N(c2cccnc2)C1)N1CCCC1. The highest BCUT2D eigenvalue weighted by Gasteiger charge is 2.37. The second kappa shape index (κ2) is 4.99. The summed E-state index contributed by atoms with van der Waals surface area (Å²) in [5, 5.41) is 0. The molecule has 2 aliphatic heterocycles. The van der Waals surface area contributed by atoms with Gasteiger partial charge in [0, 0.05) is 32.3 Å². The minimum Gasteiger partial charge on any atom is -0.342 e. The van der Waals surface area contributed by atoms with Crippen molar-refractivity contribution in [2.45, 2.75) is 19.3 Å². The molecule has 100 valence electrons. The zero-order valence-electron chi connectivity index (χ0n) is 10.8. The number of pyridine rings is 1. The number of carbonyl (C=O) groups is 2. The van der Waals surface area contributed by atoms with Crippen molar-refractivity contribution < 1.29 is 9.59 Å². The van der Waals surface area contributed by atoms with E-state index in [1.807, 2.05) is 11.0 Å². The van der Waals surface area contributed by atoms with E-state index in [4.69, 9.17) is 0 Å². The van der Waals surface area contributed by atoms with Gasteiger partial charge in [0.15, 0.2) is 0 Å². The molecule has 1 atom stereocenters. The predicted molar refractivity (Wildman–Crippen MR) is 70.5 cm³/mol. The van der Waals surface area contributed by atoms with Crippen LogP contribution in [0.15, 0.2) is 24.5 Å². The number of amides is 2. The van der Waals surface area contributed by atoms with Gasteiger partial charge in [0.2, 0.25) is 11.8 Å². The monoisotopic (exact) mass is 259 g/mol. The average Bonchev–Trinajstić information content (AvgIpc) is 3.08. The van der Waals surface area contributed by atoms with Gasteiger partial charge in [0.25, 0.3) is 0 Å². The van der Waals surface area contributed by atoms with Crippen LogP contribution in [-0.4, -0.2) is 41.3 Å². The number of nitrogens with zero attached hydrogens (tertiary/aromatic N) is 3. The van der Waals surface area contributed by atoms with Gasteiger partial charge in [0.1, 0.15) is 0 Å². The van der Waals surface area contributed by atoms with Crippen molar-refractivity contribution in [3.05, 3.63) is 24.5 Å². The first-order valence-corrected chi connectivity index (χ1v) is 6.75. The lowest BCUT2D eigenvalue weighted by Crippen LogP contribution is -2.35. The van der Waals surface area contributed by atoms with Gasteiger partial charge in [-0.15, -0.1) is 0 Å². The summed E-state index contributed by atoms with van der Waals surface area (Å²) in [4.78, 5) is 31.9. The van der Waals surface area contributed by atoms with Gasteiger partial charge in [-0.3, -0.25) is 14.6 Å². The number of carbonyl (C=O) groups excluding carboxylic acids is 2. The predicted octanol–water partition coefficient (Wildman–Crippen LogP) is 1.06. The summed E-state index contributed by atoms with van der Waals surface area (Å²) in [6.45, 7) is 2.17. The van der Waals surface area contributed by atoms with Crippen LogP contribution in [0.4, 0.5) is 5.69 Å². The minimum atomic E-state index is -0.189. The van der Waals surface area contributed by atoms with Gasteiger partial charge in [-0.2, -0.15) is 0 Å². The summed E-state index contributed by atoms with van der Waals surface area (Å²) >= 11 is 0. The highest BCUT2D eigenvalue weighted by Crippen LogP contribution is 2.26. The normalized spacial score (nSPS) is 23.2. The topological polar surface area (TPSA) is 53.5 Å². The van der Waals surface area contributed by atoms with Crippen LogP contribution in [0.25, 0.3) is 0 Å². The van der Waals surface area contributed by atoms with E-state index in [0.29, 0.717) is 13.0 Å². The van der Waals surface area contributed by atoms with Crippen LogP contribution in [0.5, 0.6) is 0 Å². The van der Waals surface area contributed by atoms with Gasteiger partial charge in [0.05, 0.1) is 17.8 Å². The highest BCUT2D eigenvalue weighted by atomic mass is 16.2. The largest absolute Gasteiger partial charge is 0.342 e. The maximum atomic E-state index is 12.3. The maximum absolute atomic E-state index is 12.3. The molecular weight excluding hydrogens is 242 g/mol. The van der Waals surface area contributed by atoms with Gasteiger partial charge < -0.3 is 9.80 Å². The smallest absolute Gasteiger partial charge is 0.228 e. The maximum Gasteiger partial charge on any atom is 0.228 e. The molecule has 2 amide bonds. The van der Waals surface area contributed by atoms with E-state index < -0.39 is 0 Å². The van der Waals surface area contributed by atoms with Crippen molar-refractivity contribution in [1.82, 2.24) is 9.88 Å². The van der Waals surface area contributed by atoms with E-state index in [1.165, 1.54) is 0 Å². The van der Waals surface area contributed by atoms with E-state index in [-0.39, 0.29) is 17.7 Å². The second-order valence-corrected chi connectivity index (χ2v) is 5.15. The van der Waals surface area contributed by atoms with E-state index >= 15 is 0 Å². The summed E-state index contributed by atoms with van der Waals surface area (Å²) in [5.41, 5.74) is 0.782. The lowest BCUT2D eigenvalue weighted by molar-refractivity contribution is -0.134. The zero-order valence-corrected chi connectivity index (χ0v) is 10.8. The minimum absolute atomic E-state index is 0.0190. The van der Waals surface area contributed by atoms with E-state index in [9.17, 15) is 9.59 Å². The molecule has 0 radical (unpaired) electrons. The third kappa shape index (κ3) is 2.32. The van der Waals surface area contributed by atoms with E-state index in [1.54, 1.807) is 23.4 Å². The van der Waals surface area contributed by atoms with Gasteiger partial charge in [-0.05, 0) is 25.0 Å². The third-order valence-electron chi connectivity index (χ3n) is 3.85. The molecule has 3 rings (SSSR count). The first-order valence-electron chi connectivity index (χ1n) is 6.75. The Labute approximate surface area is 112 Å². The summed E-state index contributed by atoms with van der Waals surface area (Å²) in [7, 11) is 0. The molecule has 1 aromatic rings. The number of hydrogen-bond acceptors (Lipinski definition) is 3. The number of rotatable bonds is 2. The highest BCUT2D eigenvalue weighted by molar-refractivity contribution is 6.00. The standard InChI is InChI=1S/C14H17N3O2/c18-13-8-11(14(19)16-6-1-2-7-16)10-17(13)12-4-3-5-15-9-12/h3-5,9,11H,1-2,6-8,10H2. The van der Waals surface area contributed by atoms with Crippen molar-refractivity contribution in [3.8, 4) is 0 Å². The van der Waals surface area contributed by atoms with Crippen molar-refractivity contribution in [2.24, 2.45) is 5.92 Å². The van der Waals surface area contributed by atoms with E-state index in [2.05, 4.69) is 4.98 Å². The Bertz CT molecular complexity index is 483. The molecule has 1 unspecified atom stereocenters. The summed E-state index contributed by atoms with van der Waals surface area (Å²) in [6, 6.07) is 3.66. The molecule has 0 saturated carbocycles. The molecule has 0 aliphatic carbocycles. The first kappa shape index (κ1) is 12.1. The van der Waals surface area contributed by atoms with Crippen LogP contribution in [0.2, 0.25) is 0 Å². The molecule has 2 fully saturated rings. The summed E-state index contributed by atoms with van der Waals surface area (Å²) in [6.07, 6.45) is 5.83. The molecule has 0 spiro atoms. The number of likely N-dealkylation sites (tertiary alicyclic amines) is 1. The van der Waals surface area contributed by atoms with Crippen LogP contribution < -0.4 is 4.90 Å². The Morgan fingerprint density at radius 2 is 2.11 bits per heavy atom. The molecule has 19 heavy (non-hydrogen) atoms. The fourth-order valence-electron chi connectivity index (χ4n) is 2.83. The fraction of sp³-hybridized carbons (Fsp3) is 0.500. The Kier molecular flexibility index (Phi) is 3.19. The number of hydrogen-bond donors (Lipinski definition) is 0. The van der Waals surface area contributed by atoms with Crippen LogP contribution in [-0.2, 0) is 9.59 Å². The Balaban J connectivity index is 1.71. The molecule has 5 nitrogen and oxygen atoms in total. The summed E-state index contributed by atoms with van der Waals surface area (Å²) < 4.78 is 0. The molecular formula is C14H17N3O2. The van der Waals surface area contributed by atoms with Crippen molar-refractivity contribution in [1.29, 1.82) is 0 Å². The van der Waals surface area contributed by atoms with Crippen molar-refractivity contribution in [2.75, 3.05) is 24.5 Å². The third-order valence-corrected chi connectivity index (χ3v) is 3.85. The molecule has 5 heteroatoms. The molecule has 0 N–H and O–H groups in total. The Hall–Kier alpha value is -1.91. The lowest BCUT2D eigenvalue weighted by atomic mass is 10.1. The zero-order chi connectivity index (χ0) is 13.2. The van der Waals surface area contributed by atoms with Crippen LogP contribution in [0.3, 0.4) is 0 Å². The Morgan fingerprint density at radius 1 is 1.32 bits per heavy atom.